The number of hydrogen-bond donors (Lipinski definition) is 0. The number of benzene rings is 2. The van der Waals surface area contributed by atoms with Crippen molar-refractivity contribution in [2.75, 3.05) is 0 Å². The standard InChI is InChI=1S/C24H23BrN2O/c1-16-4-6-19(7-5-16)14-27-18(3)17(2)23-24(27)22(12-13-26-23)28-15-20-8-10-21(25)11-9-20/h4-13H,14-15H2,1-3H3. The quantitative estimate of drug-likeness (QED) is 0.365. The lowest BCUT2D eigenvalue weighted by atomic mass is 10.1. The Morgan fingerprint density at radius 1 is 0.893 bits per heavy atom. The van der Waals surface area contributed by atoms with Crippen molar-refractivity contribution in [2.24, 2.45) is 0 Å². The Morgan fingerprint density at radius 3 is 2.29 bits per heavy atom. The summed E-state index contributed by atoms with van der Waals surface area (Å²) in [6.07, 6.45) is 1.84. The van der Waals surface area contributed by atoms with Gasteiger partial charge in [0.25, 0.3) is 0 Å². The summed E-state index contributed by atoms with van der Waals surface area (Å²) in [7, 11) is 0. The van der Waals surface area contributed by atoms with Crippen LogP contribution in [0.1, 0.15) is 27.9 Å². The van der Waals surface area contributed by atoms with Gasteiger partial charge in [0.1, 0.15) is 17.9 Å². The second kappa shape index (κ2) is 7.80. The highest BCUT2D eigenvalue weighted by atomic mass is 79.9. The van der Waals surface area contributed by atoms with Gasteiger partial charge >= 0.3 is 0 Å². The molecule has 0 amide bonds. The van der Waals surface area contributed by atoms with Crippen molar-refractivity contribution in [3.63, 3.8) is 0 Å². The summed E-state index contributed by atoms with van der Waals surface area (Å²) in [6.45, 7) is 7.73. The maximum absolute atomic E-state index is 6.23. The molecule has 4 aromatic rings. The highest BCUT2D eigenvalue weighted by Crippen LogP contribution is 2.32. The topological polar surface area (TPSA) is 27.1 Å². The van der Waals surface area contributed by atoms with Gasteiger partial charge < -0.3 is 9.30 Å². The first-order valence-corrected chi connectivity index (χ1v) is 10.2. The molecule has 28 heavy (non-hydrogen) atoms. The molecule has 0 unspecified atom stereocenters. The molecule has 0 N–H and O–H groups in total. The predicted octanol–water partition coefficient (Wildman–Crippen LogP) is 6.35. The summed E-state index contributed by atoms with van der Waals surface area (Å²) in [4.78, 5) is 4.64. The molecule has 0 saturated carbocycles. The van der Waals surface area contributed by atoms with Crippen molar-refractivity contribution in [1.29, 1.82) is 0 Å². The van der Waals surface area contributed by atoms with Gasteiger partial charge in [-0.2, -0.15) is 0 Å². The molecule has 4 rings (SSSR count). The van der Waals surface area contributed by atoms with E-state index in [-0.39, 0.29) is 0 Å². The van der Waals surface area contributed by atoms with Crippen molar-refractivity contribution in [3.8, 4) is 5.75 Å². The van der Waals surface area contributed by atoms with Crippen molar-refractivity contribution >= 4 is 27.0 Å². The van der Waals surface area contributed by atoms with E-state index in [9.17, 15) is 0 Å². The van der Waals surface area contributed by atoms with Gasteiger partial charge in [-0.05, 0) is 49.6 Å². The average Bonchev–Trinajstić information content (AvgIpc) is 2.95. The van der Waals surface area contributed by atoms with Gasteiger partial charge in [0, 0.05) is 29.0 Å². The van der Waals surface area contributed by atoms with Gasteiger partial charge in [-0.1, -0.05) is 57.9 Å². The largest absolute Gasteiger partial charge is 0.487 e. The summed E-state index contributed by atoms with van der Waals surface area (Å²) in [5, 5.41) is 0. The monoisotopic (exact) mass is 434 g/mol. The molecular weight excluding hydrogens is 412 g/mol. The van der Waals surface area contributed by atoms with E-state index in [0.29, 0.717) is 6.61 Å². The van der Waals surface area contributed by atoms with Crippen LogP contribution in [-0.2, 0) is 13.2 Å². The highest BCUT2D eigenvalue weighted by molar-refractivity contribution is 9.10. The van der Waals surface area contributed by atoms with Crippen LogP contribution in [0.3, 0.4) is 0 Å². The zero-order valence-corrected chi connectivity index (χ0v) is 18.0. The van der Waals surface area contributed by atoms with Crippen LogP contribution in [0.5, 0.6) is 5.75 Å². The molecule has 2 aromatic carbocycles. The third-order valence-corrected chi connectivity index (χ3v) is 5.76. The molecule has 0 atom stereocenters. The van der Waals surface area contributed by atoms with E-state index in [2.05, 4.69) is 82.7 Å². The van der Waals surface area contributed by atoms with Gasteiger partial charge in [-0.15, -0.1) is 0 Å². The Labute approximate surface area is 174 Å². The second-order valence-electron chi connectivity index (χ2n) is 7.20. The van der Waals surface area contributed by atoms with Crippen LogP contribution in [0.15, 0.2) is 65.3 Å². The third kappa shape index (κ3) is 3.69. The molecule has 0 aliphatic rings. The zero-order valence-electron chi connectivity index (χ0n) is 16.4. The molecule has 0 aliphatic heterocycles. The van der Waals surface area contributed by atoms with Crippen LogP contribution in [-0.4, -0.2) is 9.55 Å². The van der Waals surface area contributed by atoms with Crippen LogP contribution in [0.2, 0.25) is 0 Å². The highest BCUT2D eigenvalue weighted by Gasteiger charge is 2.16. The fraction of sp³-hybridized carbons (Fsp3) is 0.208. The minimum absolute atomic E-state index is 0.528. The molecule has 0 radical (unpaired) electrons. The zero-order chi connectivity index (χ0) is 19.7. The number of hydrogen-bond acceptors (Lipinski definition) is 2. The minimum Gasteiger partial charge on any atom is -0.487 e. The molecule has 142 valence electrons. The van der Waals surface area contributed by atoms with Crippen LogP contribution in [0.25, 0.3) is 11.0 Å². The van der Waals surface area contributed by atoms with Gasteiger partial charge in [0.15, 0.2) is 0 Å². The molecule has 2 aromatic heterocycles. The van der Waals surface area contributed by atoms with Crippen LogP contribution < -0.4 is 4.74 Å². The maximum atomic E-state index is 6.23. The summed E-state index contributed by atoms with van der Waals surface area (Å²) in [5.41, 5.74) is 8.19. The summed E-state index contributed by atoms with van der Waals surface area (Å²) in [6, 6.07) is 18.9. The van der Waals surface area contributed by atoms with Crippen molar-refractivity contribution in [1.82, 2.24) is 9.55 Å². The van der Waals surface area contributed by atoms with E-state index in [0.717, 1.165) is 33.4 Å². The first-order chi connectivity index (χ1) is 13.5. The smallest absolute Gasteiger partial charge is 0.147 e. The lowest BCUT2D eigenvalue weighted by Gasteiger charge is -2.13. The van der Waals surface area contributed by atoms with Crippen molar-refractivity contribution in [3.05, 3.63) is 93.2 Å². The number of fused-ring (bicyclic) bond motifs is 1. The average molecular weight is 435 g/mol. The molecule has 4 heteroatoms. The third-order valence-electron chi connectivity index (χ3n) is 5.23. The van der Waals surface area contributed by atoms with Crippen molar-refractivity contribution in [2.45, 2.75) is 33.9 Å². The molecule has 2 heterocycles. The predicted molar refractivity (Wildman–Crippen MR) is 118 cm³/mol. The van der Waals surface area contributed by atoms with Gasteiger partial charge in [-0.3, -0.25) is 4.98 Å². The molecule has 0 saturated heterocycles. The number of nitrogens with zero attached hydrogens (tertiary/aromatic N) is 2. The summed E-state index contributed by atoms with van der Waals surface area (Å²) in [5.74, 6) is 0.872. The Kier molecular flexibility index (Phi) is 5.23. The molecule has 3 nitrogen and oxygen atoms in total. The molecule has 0 bridgehead atoms. The van der Waals surface area contributed by atoms with Crippen LogP contribution in [0.4, 0.5) is 0 Å². The van der Waals surface area contributed by atoms with E-state index < -0.39 is 0 Å². The normalized spacial score (nSPS) is 11.1. The number of ether oxygens (including phenoxy) is 1. The Hall–Kier alpha value is -2.59. The number of pyridine rings is 1. The van der Waals surface area contributed by atoms with Gasteiger partial charge in [-0.25, -0.2) is 0 Å². The fourth-order valence-electron chi connectivity index (χ4n) is 3.44. The number of halogens is 1. The first kappa shape index (κ1) is 18.8. The van der Waals surface area contributed by atoms with Crippen LogP contribution >= 0.6 is 15.9 Å². The lowest BCUT2D eigenvalue weighted by molar-refractivity contribution is 0.308. The maximum Gasteiger partial charge on any atom is 0.147 e. The number of aryl methyl sites for hydroxylation is 2. The number of aromatic nitrogens is 2. The first-order valence-electron chi connectivity index (χ1n) is 9.40. The lowest BCUT2D eigenvalue weighted by Crippen LogP contribution is -2.04. The van der Waals surface area contributed by atoms with E-state index >= 15 is 0 Å². The van der Waals surface area contributed by atoms with E-state index in [1.165, 1.54) is 22.4 Å². The second-order valence-corrected chi connectivity index (χ2v) is 8.12. The Morgan fingerprint density at radius 2 is 1.57 bits per heavy atom. The molecule has 0 spiro atoms. The molecular formula is C24H23BrN2O. The SMILES string of the molecule is Cc1ccc(Cn2c(C)c(C)c3nccc(OCc4ccc(Br)cc4)c32)cc1. The van der Waals surface area contributed by atoms with Crippen molar-refractivity contribution < 1.29 is 4.74 Å². The van der Waals surface area contributed by atoms with Gasteiger partial charge in [0.05, 0.1) is 5.52 Å². The summed E-state index contributed by atoms with van der Waals surface area (Å²) >= 11 is 3.48. The summed E-state index contributed by atoms with van der Waals surface area (Å²) < 4.78 is 9.62. The van der Waals surface area contributed by atoms with E-state index in [4.69, 9.17) is 4.74 Å². The fourth-order valence-corrected chi connectivity index (χ4v) is 3.71. The molecule has 0 aliphatic carbocycles. The number of rotatable bonds is 5. The van der Waals surface area contributed by atoms with E-state index in [1.54, 1.807) is 0 Å². The Bertz CT molecular complexity index is 1110. The van der Waals surface area contributed by atoms with Gasteiger partial charge in [0.2, 0.25) is 0 Å². The van der Waals surface area contributed by atoms with Crippen LogP contribution in [0, 0.1) is 20.8 Å². The molecule has 0 fully saturated rings. The minimum atomic E-state index is 0.528. The Balaban J connectivity index is 1.71. The van der Waals surface area contributed by atoms with E-state index in [1.807, 2.05) is 24.4 Å².